The lowest BCUT2D eigenvalue weighted by Crippen LogP contribution is -2.17. The Morgan fingerprint density at radius 1 is 1.10 bits per heavy atom. The van der Waals surface area contributed by atoms with E-state index >= 15 is 0 Å². The van der Waals surface area contributed by atoms with Crippen LogP contribution in [-0.4, -0.2) is 0 Å². The van der Waals surface area contributed by atoms with E-state index in [1.807, 2.05) is 22.7 Å². The highest BCUT2D eigenvalue weighted by Gasteiger charge is 2.14. The summed E-state index contributed by atoms with van der Waals surface area (Å²) in [6.45, 7) is 9.85. The van der Waals surface area contributed by atoms with Crippen LogP contribution in [0.25, 0.3) is 10.1 Å². The minimum atomic E-state index is 0.394. The molecule has 0 radical (unpaired) electrons. The monoisotopic (exact) mass is 315 g/mol. The molecule has 0 amide bonds. The smallest absolute Gasteiger partial charge is 0.0392 e. The van der Waals surface area contributed by atoms with Gasteiger partial charge in [-0.1, -0.05) is 18.2 Å². The van der Waals surface area contributed by atoms with E-state index in [4.69, 9.17) is 0 Å². The molecule has 21 heavy (non-hydrogen) atoms. The number of hydrogen-bond donors (Lipinski definition) is 1. The Labute approximate surface area is 134 Å². The van der Waals surface area contributed by atoms with Gasteiger partial charge in [-0.15, -0.1) is 22.7 Å². The van der Waals surface area contributed by atoms with Crippen molar-refractivity contribution in [2.45, 2.75) is 40.3 Å². The van der Waals surface area contributed by atoms with Crippen molar-refractivity contribution in [1.82, 2.24) is 5.32 Å². The maximum absolute atomic E-state index is 3.68. The van der Waals surface area contributed by atoms with Crippen LogP contribution >= 0.6 is 22.7 Å². The topological polar surface area (TPSA) is 12.0 Å². The van der Waals surface area contributed by atoms with Gasteiger partial charge in [-0.25, -0.2) is 0 Å². The predicted molar refractivity (Wildman–Crippen MR) is 95.6 cm³/mol. The zero-order chi connectivity index (χ0) is 15.0. The molecule has 0 saturated heterocycles. The van der Waals surface area contributed by atoms with Crippen LogP contribution in [-0.2, 0) is 6.54 Å². The molecule has 1 unspecified atom stereocenters. The van der Waals surface area contributed by atoms with Crippen LogP contribution in [0.5, 0.6) is 0 Å². The van der Waals surface area contributed by atoms with Gasteiger partial charge >= 0.3 is 0 Å². The van der Waals surface area contributed by atoms with Crippen molar-refractivity contribution in [3.8, 4) is 0 Å². The maximum Gasteiger partial charge on any atom is 0.0392 e. The second-order valence-corrected chi connectivity index (χ2v) is 8.07. The fraction of sp³-hybridized carbons (Fsp3) is 0.333. The first-order valence-electron chi connectivity index (χ1n) is 7.33. The first-order chi connectivity index (χ1) is 10.1. The van der Waals surface area contributed by atoms with Gasteiger partial charge in [0.2, 0.25) is 0 Å². The highest BCUT2D eigenvalue weighted by atomic mass is 32.1. The number of benzene rings is 1. The number of fused-ring (bicyclic) bond motifs is 1. The summed E-state index contributed by atoms with van der Waals surface area (Å²) in [5, 5.41) is 5.08. The highest BCUT2D eigenvalue weighted by molar-refractivity contribution is 7.19. The van der Waals surface area contributed by atoms with Crippen LogP contribution in [0.4, 0.5) is 0 Å². The molecule has 1 N–H and O–H groups in total. The van der Waals surface area contributed by atoms with Crippen LogP contribution in [0.1, 0.15) is 38.7 Å². The third kappa shape index (κ3) is 2.91. The first-order valence-corrected chi connectivity index (χ1v) is 8.97. The van der Waals surface area contributed by atoms with E-state index in [9.17, 15) is 0 Å². The van der Waals surface area contributed by atoms with E-state index in [2.05, 4.69) is 63.3 Å². The Morgan fingerprint density at radius 3 is 2.52 bits per heavy atom. The first kappa shape index (κ1) is 14.8. The predicted octanol–water partition coefficient (Wildman–Crippen LogP) is 5.74. The van der Waals surface area contributed by atoms with Crippen molar-refractivity contribution < 1.29 is 0 Å². The average molecular weight is 316 g/mol. The van der Waals surface area contributed by atoms with Crippen molar-refractivity contribution in [2.24, 2.45) is 0 Å². The van der Waals surface area contributed by atoms with Crippen molar-refractivity contribution >= 4 is 32.8 Å². The summed E-state index contributed by atoms with van der Waals surface area (Å²) in [6, 6.07) is 11.4. The SMILES string of the molecule is Cc1cc(CNC(C)c2sc3ccccc3c2C)sc1C. The lowest BCUT2D eigenvalue weighted by molar-refractivity contribution is 0.585. The molecule has 110 valence electrons. The van der Waals surface area contributed by atoms with Gasteiger partial charge in [0.1, 0.15) is 0 Å². The molecule has 3 rings (SSSR count). The molecule has 0 spiro atoms. The van der Waals surface area contributed by atoms with Crippen LogP contribution < -0.4 is 5.32 Å². The minimum Gasteiger partial charge on any atom is -0.305 e. The second kappa shape index (κ2) is 5.91. The quantitative estimate of drug-likeness (QED) is 0.647. The van der Waals surface area contributed by atoms with Gasteiger partial charge in [-0.2, -0.15) is 0 Å². The number of hydrogen-bond acceptors (Lipinski definition) is 3. The van der Waals surface area contributed by atoms with E-state index in [1.165, 1.54) is 35.8 Å². The number of aryl methyl sites for hydroxylation is 3. The molecule has 0 aliphatic heterocycles. The van der Waals surface area contributed by atoms with Crippen LogP contribution in [0.15, 0.2) is 30.3 Å². The van der Waals surface area contributed by atoms with E-state index in [1.54, 1.807) is 0 Å². The minimum absolute atomic E-state index is 0.394. The van der Waals surface area contributed by atoms with Gasteiger partial charge in [0.15, 0.2) is 0 Å². The van der Waals surface area contributed by atoms with Crippen LogP contribution in [0, 0.1) is 20.8 Å². The van der Waals surface area contributed by atoms with E-state index < -0.39 is 0 Å². The van der Waals surface area contributed by atoms with Gasteiger partial charge in [0.25, 0.3) is 0 Å². The molecule has 3 aromatic rings. The lowest BCUT2D eigenvalue weighted by atomic mass is 10.1. The Kier molecular flexibility index (Phi) is 4.16. The highest BCUT2D eigenvalue weighted by Crippen LogP contribution is 2.34. The zero-order valence-electron chi connectivity index (χ0n) is 13.0. The summed E-state index contributed by atoms with van der Waals surface area (Å²) in [7, 11) is 0. The number of rotatable bonds is 4. The Hall–Kier alpha value is -1.16. The van der Waals surface area contributed by atoms with Crippen molar-refractivity contribution in [3.05, 3.63) is 56.1 Å². The summed E-state index contributed by atoms with van der Waals surface area (Å²) < 4.78 is 1.39. The summed E-state index contributed by atoms with van der Waals surface area (Å²) >= 11 is 3.82. The average Bonchev–Trinajstić information content (AvgIpc) is 2.98. The van der Waals surface area contributed by atoms with E-state index in [0.717, 1.165) is 6.54 Å². The molecular formula is C18H21NS2. The van der Waals surface area contributed by atoms with Gasteiger partial charge in [-0.3, -0.25) is 0 Å². The molecule has 2 aromatic heterocycles. The molecule has 0 aliphatic carbocycles. The summed E-state index contributed by atoms with van der Waals surface area (Å²) in [6.07, 6.45) is 0. The van der Waals surface area contributed by atoms with Crippen molar-refractivity contribution in [1.29, 1.82) is 0 Å². The zero-order valence-corrected chi connectivity index (χ0v) is 14.6. The van der Waals surface area contributed by atoms with Crippen LogP contribution in [0.2, 0.25) is 0 Å². The standard InChI is InChI=1S/C18H21NS2/c1-11-9-15(20-14(11)4)10-19-13(3)18-12(2)16-7-5-6-8-17(16)21-18/h5-9,13,19H,10H2,1-4H3. The molecule has 0 saturated carbocycles. The van der Waals surface area contributed by atoms with Crippen molar-refractivity contribution in [2.75, 3.05) is 0 Å². The fourth-order valence-corrected chi connectivity index (χ4v) is 4.93. The molecule has 2 heterocycles. The van der Waals surface area contributed by atoms with E-state index in [0.29, 0.717) is 6.04 Å². The lowest BCUT2D eigenvalue weighted by Gasteiger charge is -2.12. The molecule has 1 aromatic carbocycles. The molecular weight excluding hydrogens is 294 g/mol. The maximum atomic E-state index is 3.68. The van der Waals surface area contributed by atoms with Gasteiger partial charge < -0.3 is 5.32 Å². The molecule has 1 atom stereocenters. The second-order valence-electron chi connectivity index (χ2n) is 5.64. The molecule has 0 bridgehead atoms. The van der Waals surface area contributed by atoms with Gasteiger partial charge in [0, 0.05) is 31.9 Å². The number of nitrogens with one attached hydrogen (secondary N) is 1. The Bertz CT molecular complexity index is 747. The normalized spacial score (nSPS) is 13.0. The molecule has 3 heteroatoms. The molecule has 0 aliphatic rings. The number of thiophene rings is 2. The molecule has 1 nitrogen and oxygen atoms in total. The van der Waals surface area contributed by atoms with Crippen molar-refractivity contribution in [3.63, 3.8) is 0 Å². The fourth-order valence-electron chi connectivity index (χ4n) is 2.69. The van der Waals surface area contributed by atoms with Gasteiger partial charge in [0.05, 0.1) is 0 Å². The van der Waals surface area contributed by atoms with E-state index in [-0.39, 0.29) is 0 Å². The molecule has 0 fully saturated rings. The third-order valence-corrected chi connectivity index (χ3v) is 6.68. The Balaban J connectivity index is 1.77. The Morgan fingerprint density at radius 2 is 1.86 bits per heavy atom. The summed E-state index contributed by atoms with van der Waals surface area (Å²) in [4.78, 5) is 4.31. The largest absolute Gasteiger partial charge is 0.305 e. The summed E-state index contributed by atoms with van der Waals surface area (Å²) in [5.74, 6) is 0. The summed E-state index contributed by atoms with van der Waals surface area (Å²) in [5.41, 5.74) is 2.83. The third-order valence-electron chi connectivity index (χ3n) is 4.07. The van der Waals surface area contributed by atoms with Crippen LogP contribution in [0.3, 0.4) is 0 Å². The van der Waals surface area contributed by atoms with Gasteiger partial charge in [-0.05, 0) is 56.3 Å².